The van der Waals surface area contributed by atoms with Crippen molar-refractivity contribution in [1.29, 1.82) is 0 Å². The molecule has 2 nitrogen and oxygen atoms in total. The molecular weight excluding hydrogens is 312 g/mol. The van der Waals surface area contributed by atoms with Gasteiger partial charge in [-0.2, -0.15) is 0 Å². The maximum atomic E-state index is 5.51. The zero-order valence-corrected chi connectivity index (χ0v) is 16.7. The summed E-state index contributed by atoms with van der Waals surface area (Å²) in [6.45, 7) is 9.80. The van der Waals surface area contributed by atoms with Gasteiger partial charge in [0.1, 0.15) is 0 Å². The molecule has 0 radical (unpaired) electrons. The number of rotatable bonds is 6. The number of benzene rings is 1. The van der Waals surface area contributed by atoms with Gasteiger partial charge in [0.15, 0.2) is 5.11 Å². The Morgan fingerprint density at radius 3 is 2.17 bits per heavy atom. The summed E-state index contributed by atoms with van der Waals surface area (Å²) in [5.41, 5.74) is 5.60. The van der Waals surface area contributed by atoms with Gasteiger partial charge < -0.3 is 10.6 Å². The van der Waals surface area contributed by atoms with E-state index in [1.807, 2.05) is 0 Å². The van der Waals surface area contributed by atoms with Crippen molar-refractivity contribution in [3.8, 4) is 0 Å². The fourth-order valence-corrected chi connectivity index (χ4v) is 3.82. The van der Waals surface area contributed by atoms with E-state index in [9.17, 15) is 0 Å². The quantitative estimate of drug-likeness (QED) is 0.636. The Balaban J connectivity index is 2.21. The van der Waals surface area contributed by atoms with E-state index in [0.717, 1.165) is 30.4 Å². The molecule has 1 aromatic carbocycles. The van der Waals surface area contributed by atoms with Gasteiger partial charge in [0.2, 0.25) is 0 Å². The number of hydrogen-bond donors (Lipinski definition) is 2. The first kappa shape index (κ1) is 19.2. The molecule has 1 aromatic rings. The van der Waals surface area contributed by atoms with Crippen LogP contribution >= 0.6 is 12.2 Å². The Labute approximate surface area is 153 Å². The molecule has 0 amide bonds. The van der Waals surface area contributed by atoms with E-state index in [2.05, 4.69) is 50.5 Å². The van der Waals surface area contributed by atoms with Crippen molar-refractivity contribution in [2.45, 2.75) is 78.6 Å². The summed E-state index contributed by atoms with van der Waals surface area (Å²) in [5, 5.41) is 7.57. The third-order valence-electron chi connectivity index (χ3n) is 5.07. The maximum Gasteiger partial charge on any atom is 0.170 e. The SMILES string of the molecule is CCc1cc(C2CCCCC2)cc(CC)c1NC(=S)NCC(C)C. The van der Waals surface area contributed by atoms with E-state index < -0.39 is 0 Å². The topological polar surface area (TPSA) is 24.1 Å². The lowest BCUT2D eigenvalue weighted by atomic mass is 9.82. The second kappa shape index (κ2) is 9.41. The molecule has 2 N–H and O–H groups in total. The van der Waals surface area contributed by atoms with Crippen molar-refractivity contribution in [3.05, 3.63) is 28.8 Å². The Kier molecular flexibility index (Phi) is 7.54. The number of thiocarbonyl (C=S) groups is 1. The van der Waals surface area contributed by atoms with E-state index >= 15 is 0 Å². The van der Waals surface area contributed by atoms with E-state index in [0.29, 0.717) is 5.92 Å². The van der Waals surface area contributed by atoms with Gasteiger partial charge in [0.25, 0.3) is 0 Å². The molecule has 0 spiro atoms. The van der Waals surface area contributed by atoms with Gasteiger partial charge in [-0.1, -0.05) is 59.1 Å². The summed E-state index contributed by atoms with van der Waals surface area (Å²) < 4.78 is 0. The van der Waals surface area contributed by atoms with Crippen LogP contribution in [0.25, 0.3) is 0 Å². The minimum atomic E-state index is 0.592. The molecule has 134 valence electrons. The number of aryl methyl sites for hydroxylation is 2. The fraction of sp³-hybridized carbons (Fsp3) is 0.667. The molecule has 0 aromatic heterocycles. The van der Waals surface area contributed by atoms with Crippen molar-refractivity contribution in [2.75, 3.05) is 11.9 Å². The number of hydrogen-bond acceptors (Lipinski definition) is 1. The maximum absolute atomic E-state index is 5.51. The fourth-order valence-electron chi connectivity index (χ4n) is 3.64. The second-order valence-electron chi connectivity index (χ2n) is 7.49. The van der Waals surface area contributed by atoms with Gasteiger partial charge in [0.05, 0.1) is 0 Å². The van der Waals surface area contributed by atoms with Gasteiger partial charge in [-0.05, 0) is 66.4 Å². The molecule has 1 saturated carbocycles. The first-order valence-corrected chi connectivity index (χ1v) is 10.2. The van der Waals surface area contributed by atoms with Crippen LogP contribution < -0.4 is 10.6 Å². The highest BCUT2D eigenvalue weighted by Gasteiger charge is 2.18. The van der Waals surface area contributed by atoms with Gasteiger partial charge in [0, 0.05) is 12.2 Å². The highest BCUT2D eigenvalue weighted by Crippen LogP contribution is 2.36. The van der Waals surface area contributed by atoms with Gasteiger partial charge in [-0.15, -0.1) is 0 Å². The van der Waals surface area contributed by atoms with Gasteiger partial charge >= 0.3 is 0 Å². The minimum Gasteiger partial charge on any atom is -0.362 e. The van der Waals surface area contributed by atoms with E-state index in [1.165, 1.54) is 48.9 Å². The van der Waals surface area contributed by atoms with Crippen LogP contribution in [0.15, 0.2) is 12.1 Å². The molecule has 24 heavy (non-hydrogen) atoms. The molecule has 1 fully saturated rings. The van der Waals surface area contributed by atoms with Gasteiger partial charge in [-0.3, -0.25) is 0 Å². The van der Waals surface area contributed by atoms with Crippen LogP contribution in [0.1, 0.15) is 82.4 Å². The van der Waals surface area contributed by atoms with Crippen molar-refractivity contribution < 1.29 is 0 Å². The van der Waals surface area contributed by atoms with E-state index in [4.69, 9.17) is 12.2 Å². The van der Waals surface area contributed by atoms with Gasteiger partial charge in [-0.25, -0.2) is 0 Å². The van der Waals surface area contributed by atoms with Crippen LogP contribution in [0.5, 0.6) is 0 Å². The number of anilines is 1. The third kappa shape index (κ3) is 5.20. The predicted octanol–water partition coefficient (Wildman–Crippen LogP) is 5.80. The van der Waals surface area contributed by atoms with Crippen LogP contribution in [0.3, 0.4) is 0 Å². The highest BCUT2D eigenvalue weighted by atomic mass is 32.1. The Hall–Kier alpha value is -1.09. The summed E-state index contributed by atoms with van der Waals surface area (Å²) >= 11 is 5.51. The Morgan fingerprint density at radius 2 is 1.67 bits per heavy atom. The minimum absolute atomic E-state index is 0.592. The number of nitrogens with one attached hydrogen (secondary N) is 2. The molecule has 1 aliphatic rings. The van der Waals surface area contributed by atoms with Crippen molar-refractivity contribution in [2.24, 2.45) is 5.92 Å². The first-order valence-electron chi connectivity index (χ1n) is 9.75. The van der Waals surface area contributed by atoms with Crippen molar-refractivity contribution in [1.82, 2.24) is 5.32 Å². The standard InChI is InChI=1S/C21H34N2S/c1-5-16-12-19(18-10-8-7-9-11-18)13-17(6-2)20(16)23-21(24)22-14-15(3)4/h12-13,15,18H,5-11,14H2,1-4H3,(H2,22,23,24). The molecule has 2 rings (SSSR count). The molecule has 3 heteroatoms. The molecule has 0 unspecified atom stereocenters. The van der Waals surface area contributed by atoms with Crippen LogP contribution in [0.2, 0.25) is 0 Å². The highest BCUT2D eigenvalue weighted by molar-refractivity contribution is 7.80. The molecule has 0 heterocycles. The average molecular weight is 347 g/mol. The Bertz CT molecular complexity index is 520. The average Bonchev–Trinajstić information content (AvgIpc) is 2.60. The normalized spacial score (nSPS) is 15.5. The summed E-state index contributed by atoms with van der Waals surface area (Å²) in [7, 11) is 0. The van der Waals surface area contributed by atoms with E-state index in [1.54, 1.807) is 5.56 Å². The van der Waals surface area contributed by atoms with Crippen LogP contribution in [0.4, 0.5) is 5.69 Å². The van der Waals surface area contributed by atoms with Crippen LogP contribution in [-0.4, -0.2) is 11.7 Å². The zero-order chi connectivity index (χ0) is 17.5. The van der Waals surface area contributed by atoms with Crippen LogP contribution in [-0.2, 0) is 12.8 Å². The summed E-state index contributed by atoms with van der Waals surface area (Å²) in [4.78, 5) is 0. The summed E-state index contributed by atoms with van der Waals surface area (Å²) in [5.74, 6) is 1.35. The molecular formula is C21H34N2S. The predicted molar refractivity (Wildman–Crippen MR) is 110 cm³/mol. The largest absolute Gasteiger partial charge is 0.362 e. The molecule has 0 atom stereocenters. The van der Waals surface area contributed by atoms with Crippen LogP contribution in [0, 0.1) is 5.92 Å². The molecule has 0 saturated heterocycles. The van der Waals surface area contributed by atoms with Crippen molar-refractivity contribution >= 4 is 23.0 Å². The lowest BCUT2D eigenvalue weighted by Crippen LogP contribution is -2.32. The van der Waals surface area contributed by atoms with E-state index in [-0.39, 0.29) is 0 Å². The summed E-state index contributed by atoms with van der Waals surface area (Å²) in [6.07, 6.45) is 8.98. The Morgan fingerprint density at radius 1 is 1.08 bits per heavy atom. The monoisotopic (exact) mass is 346 g/mol. The first-order chi connectivity index (χ1) is 11.5. The third-order valence-corrected chi connectivity index (χ3v) is 5.32. The zero-order valence-electron chi connectivity index (χ0n) is 15.9. The lowest BCUT2D eigenvalue weighted by molar-refractivity contribution is 0.443. The molecule has 0 bridgehead atoms. The molecule has 1 aliphatic carbocycles. The summed E-state index contributed by atoms with van der Waals surface area (Å²) in [6, 6.07) is 4.87. The second-order valence-corrected chi connectivity index (χ2v) is 7.89. The van der Waals surface area contributed by atoms with Crippen molar-refractivity contribution in [3.63, 3.8) is 0 Å². The smallest absolute Gasteiger partial charge is 0.170 e. The molecule has 0 aliphatic heterocycles. The lowest BCUT2D eigenvalue weighted by Gasteiger charge is -2.25.